The first-order chi connectivity index (χ1) is 12.8. The molecule has 0 atom stereocenters. The van der Waals surface area contributed by atoms with E-state index in [1.54, 1.807) is 32.0 Å². The molecule has 0 radical (unpaired) electrons. The number of nitrogens with zero attached hydrogens (tertiary/aromatic N) is 1. The van der Waals surface area contributed by atoms with E-state index < -0.39 is 10.0 Å². The van der Waals surface area contributed by atoms with E-state index in [9.17, 15) is 13.2 Å². The molecule has 0 saturated heterocycles. The summed E-state index contributed by atoms with van der Waals surface area (Å²) in [6.45, 7) is 8.39. The number of hydrogen-bond donors (Lipinski definition) is 1. The first kappa shape index (κ1) is 20.9. The van der Waals surface area contributed by atoms with E-state index in [-0.39, 0.29) is 10.8 Å². The number of hydrogen-bond acceptors (Lipinski definition) is 4. The van der Waals surface area contributed by atoms with Gasteiger partial charge < -0.3 is 10.1 Å². The third-order valence-electron chi connectivity index (χ3n) is 4.23. The van der Waals surface area contributed by atoms with Gasteiger partial charge in [0.2, 0.25) is 10.0 Å². The van der Waals surface area contributed by atoms with Crippen LogP contribution in [0.2, 0.25) is 0 Å². The Hall–Kier alpha value is -2.38. The van der Waals surface area contributed by atoms with Crippen molar-refractivity contribution in [3.63, 3.8) is 0 Å². The number of benzene rings is 2. The summed E-state index contributed by atoms with van der Waals surface area (Å²) in [6.07, 6.45) is 0. The lowest BCUT2D eigenvalue weighted by atomic mass is 10.1. The van der Waals surface area contributed by atoms with Gasteiger partial charge in [0, 0.05) is 18.7 Å². The standard InChI is InChI=1S/C20H26N2O4S/c1-5-22(6-2)27(24,25)16-12-13-19(26-7-3)18(14-16)21-20(23)17-11-9-8-10-15(17)4/h8-14H,5-7H2,1-4H3,(H,21,23). The van der Waals surface area contributed by atoms with Crippen molar-refractivity contribution in [2.24, 2.45) is 0 Å². The summed E-state index contributed by atoms with van der Waals surface area (Å²) < 4.78 is 32.5. The highest BCUT2D eigenvalue weighted by Crippen LogP contribution is 2.30. The molecule has 0 aromatic heterocycles. The van der Waals surface area contributed by atoms with Crippen LogP contribution >= 0.6 is 0 Å². The normalized spacial score (nSPS) is 11.4. The van der Waals surface area contributed by atoms with Gasteiger partial charge in [-0.3, -0.25) is 4.79 Å². The van der Waals surface area contributed by atoms with Gasteiger partial charge >= 0.3 is 0 Å². The lowest BCUT2D eigenvalue weighted by Crippen LogP contribution is -2.30. The molecule has 0 fully saturated rings. The number of amides is 1. The molecule has 0 aliphatic heterocycles. The van der Waals surface area contributed by atoms with Crippen LogP contribution in [0.25, 0.3) is 0 Å². The van der Waals surface area contributed by atoms with E-state index in [0.717, 1.165) is 5.56 Å². The van der Waals surface area contributed by atoms with Crippen LogP contribution in [0.15, 0.2) is 47.4 Å². The molecular formula is C20H26N2O4S. The second kappa shape index (κ2) is 9.01. The zero-order chi connectivity index (χ0) is 20.0. The minimum Gasteiger partial charge on any atom is -0.492 e. The molecule has 0 unspecified atom stereocenters. The lowest BCUT2D eigenvalue weighted by molar-refractivity contribution is 0.102. The van der Waals surface area contributed by atoms with Crippen molar-refractivity contribution in [3.8, 4) is 5.75 Å². The van der Waals surface area contributed by atoms with E-state index in [0.29, 0.717) is 36.7 Å². The maximum Gasteiger partial charge on any atom is 0.256 e. The number of aryl methyl sites for hydroxylation is 1. The molecule has 2 aromatic carbocycles. The summed E-state index contributed by atoms with van der Waals surface area (Å²) in [7, 11) is -3.64. The van der Waals surface area contributed by atoms with Gasteiger partial charge in [0.1, 0.15) is 5.75 Å². The SMILES string of the molecule is CCOc1ccc(S(=O)(=O)N(CC)CC)cc1NC(=O)c1ccccc1C. The first-order valence-electron chi connectivity index (χ1n) is 8.99. The van der Waals surface area contributed by atoms with Crippen molar-refractivity contribution in [1.29, 1.82) is 0 Å². The van der Waals surface area contributed by atoms with Crippen molar-refractivity contribution in [3.05, 3.63) is 53.6 Å². The number of rotatable bonds is 8. The highest BCUT2D eigenvalue weighted by Gasteiger charge is 2.23. The van der Waals surface area contributed by atoms with E-state index in [2.05, 4.69) is 5.32 Å². The van der Waals surface area contributed by atoms with Crippen molar-refractivity contribution >= 4 is 21.6 Å². The number of anilines is 1. The molecule has 2 rings (SSSR count). The fraction of sp³-hybridized carbons (Fsp3) is 0.350. The maximum atomic E-state index is 12.8. The average molecular weight is 391 g/mol. The zero-order valence-electron chi connectivity index (χ0n) is 16.2. The fourth-order valence-corrected chi connectivity index (χ4v) is 4.26. The molecule has 6 nitrogen and oxygen atoms in total. The Kier molecular flexibility index (Phi) is 6.98. The van der Waals surface area contributed by atoms with Crippen molar-refractivity contribution in [2.45, 2.75) is 32.6 Å². The molecule has 0 aliphatic carbocycles. The largest absolute Gasteiger partial charge is 0.492 e. The van der Waals surface area contributed by atoms with Gasteiger partial charge in [-0.2, -0.15) is 4.31 Å². The van der Waals surface area contributed by atoms with E-state index >= 15 is 0 Å². The average Bonchev–Trinajstić information content (AvgIpc) is 2.64. The number of carbonyl (C=O) groups excluding carboxylic acids is 1. The number of carbonyl (C=O) groups is 1. The Labute approximate surface area is 161 Å². The van der Waals surface area contributed by atoms with Gasteiger partial charge in [-0.15, -0.1) is 0 Å². The summed E-state index contributed by atoms with van der Waals surface area (Å²) in [5.41, 5.74) is 1.69. The molecule has 0 saturated carbocycles. The van der Waals surface area contributed by atoms with Crippen molar-refractivity contribution < 1.29 is 17.9 Å². The molecule has 0 bridgehead atoms. The molecule has 7 heteroatoms. The van der Waals surface area contributed by atoms with Gasteiger partial charge in [0.05, 0.1) is 17.2 Å². The molecule has 0 aliphatic rings. The smallest absolute Gasteiger partial charge is 0.256 e. The van der Waals surface area contributed by atoms with Crippen molar-refractivity contribution in [2.75, 3.05) is 25.0 Å². The quantitative estimate of drug-likeness (QED) is 0.746. The van der Waals surface area contributed by atoms with Gasteiger partial charge in [-0.05, 0) is 43.7 Å². The summed E-state index contributed by atoms with van der Waals surface area (Å²) in [5.74, 6) is 0.115. The van der Waals surface area contributed by atoms with E-state index in [4.69, 9.17) is 4.74 Å². The summed E-state index contributed by atoms with van der Waals surface area (Å²) in [5, 5.41) is 2.79. The Bertz CT molecular complexity index is 906. The topological polar surface area (TPSA) is 75.7 Å². The summed E-state index contributed by atoms with van der Waals surface area (Å²) in [6, 6.07) is 11.7. The van der Waals surface area contributed by atoms with Gasteiger partial charge in [-0.25, -0.2) is 8.42 Å². The third kappa shape index (κ3) is 4.67. The highest BCUT2D eigenvalue weighted by atomic mass is 32.2. The predicted molar refractivity (Wildman–Crippen MR) is 107 cm³/mol. The second-order valence-corrected chi connectivity index (χ2v) is 7.89. The van der Waals surface area contributed by atoms with Crippen LogP contribution in [0.3, 0.4) is 0 Å². The van der Waals surface area contributed by atoms with Crippen LogP contribution < -0.4 is 10.1 Å². The molecule has 146 valence electrons. The summed E-state index contributed by atoms with van der Waals surface area (Å²) in [4.78, 5) is 12.8. The first-order valence-corrected chi connectivity index (χ1v) is 10.4. The monoisotopic (exact) mass is 390 g/mol. The van der Waals surface area contributed by atoms with Crippen LogP contribution in [-0.2, 0) is 10.0 Å². The van der Waals surface area contributed by atoms with E-state index in [1.165, 1.54) is 16.4 Å². The lowest BCUT2D eigenvalue weighted by Gasteiger charge is -2.20. The molecule has 1 amide bonds. The van der Waals surface area contributed by atoms with Crippen LogP contribution in [0.5, 0.6) is 5.75 Å². The Balaban J connectivity index is 2.44. The Morgan fingerprint density at radius 3 is 2.33 bits per heavy atom. The zero-order valence-corrected chi connectivity index (χ0v) is 17.0. The van der Waals surface area contributed by atoms with Gasteiger partial charge in [-0.1, -0.05) is 32.0 Å². The van der Waals surface area contributed by atoms with E-state index in [1.807, 2.05) is 26.0 Å². The third-order valence-corrected chi connectivity index (χ3v) is 6.28. The van der Waals surface area contributed by atoms with Crippen LogP contribution in [-0.4, -0.2) is 38.3 Å². The highest BCUT2D eigenvalue weighted by molar-refractivity contribution is 7.89. The molecule has 0 heterocycles. The Morgan fingerprint density at radius 2 is 1.74 bits per heavy atom. The molecule has 27 heavy (non-hydrogen) atoms. The number of ether oxygens (including phenoxy) is 1. The second-order valence-electron chi connectivity index (χ2n) is 5.95. The fourth-order valence-electron chi connectivity index (χ4n) is 2.78. The minimum atomic E-state index is -3.64. The number of sulfonamides is 1. The molecule has 0 spiro atoms. The minimum absolute atomic E-state index is 0.120. The van der Waals surface area contributed by atoms with Crippen LogP contribution in [0, 0.1) is 6.92 Å². The van der Waals surface area contributed by atoms with Crippen molar-refractivity contribution in [1.82, 2.24) is 4.31 Å². The van der Waals surface area contributed by atoms with Gasteiger partial charge in [0.15, 0.2) is 0 Å². The molecular weight excluding hydrogens is 364 g/mol. The molecule has 1 N–H and O–H groups in total. The number of nitrogens with one attached hydrogen (secondary N) is 1. The summed E-state index contributed by atoms with van der Waals surface area (Å²) >= 11 is 0. The Morgan fingerprint density at radius 1 is 1.07 bits per heavy atom. The van der Waals surface area contributed by atoms with Crippen LogP contribution in [0.1, 0.15) is 36.7 Å². The molecule has 2 aromatic rings. The predicted octanol–water partition coefficient (Wildman–Crippen LogP) is 3.68. The van der Waals surface area contributed by atoms with Crippen LogP contribution in [0.4, 0.5) is 5.69 Å². The van der Waals surface area contributed by atoms with Gasteiger partial charge in [0.25, 0.3) is 5.91 Å². The maximum absolute atomic E-state index is 12.8.